The van der Waals surface area contributed by atoms with Crippen LogP contribution in [0.25, 0.3) is 10.9 Å². The molecule has 0 spiro atoms. The molecule has 2 atom stereocenters. The lowest BCUT2D eigenvalue weighted by Gasteiger charge is -2.33. The minimum atomic E-state index is 0.440. The highest BCUT2D eigenvalue weighted by molar-refractivity contribution is 6.31. The third-order valence-electron chi connectivity index (χ3n) is 4.14. The van der Waals surface area contributed by atoms with Gasteiger partial charge in [0.2, 0.25) is 0 Å². The Morgan fingerprint density at radius 3 is 2.72 bits per heavy atom. The minimum Gasteiger partial charge on any atom is -0.398 e. The van der Waals surface area contributed by atoms with Crippen LogP contribution in [0.4, 0.5) is 5.69 Å². The van der Waals surface area contributed by atoms with Crippen LogP contribution in [0.15, 0.2) is 30.4 Å². The van der Waals surface area contributed by atoms with E-state index in [1.54, 1.807) is 0 Å². The van der Waals surface area contributed by atoms with Crippen LogP contribution >= 0.6 is 11.6 Å². The van der Waals surface area contributed by atoms with Crippen molar-refractivity contribution < 1.29 is 0 Å². The fraction of sp³-hybridized carbons (Fsp3) is 0.267. The molecule has 3 heteroatoms. The van der Waals surface area contributed by atoms with Crippen LogP contribution in [-0.4, -0.2) is 4.98 Å². The summed E-state index contributed by atoms with van der Waals surface area (Å²) in [4.78, 5) is 4.80. The number of nitrogens with two attached hydrogens (primary N) is 1. The normalized spacial score (nSPS) is 24.5. The molecule has 0 fully saturated rings. The predicted molar refractivity (Wildman–Crippen MR) is 75.0 cm³/mol. The van der Waals surface area contributed by atoms with Crippen molar-refractivity contribution in [3.8, 4) is 0 Å². The molecule has 3 aliphatic carbocycles. The molecule has 5 rings (SSSR count). The molecule has 1 aromatic carbocycles. The van der Waals surface area contributed by atoms with Crippen molar-refractivity contribution >= 4 is 28.2 Å². The summed E-state index contributed by atoms with van der Waals surface area (Å²) in [7, 11) is 0. The number of nitrogen functional groups attached to an aromatic ring is 1. The molecule has 0 radical (unpaired) electrons. The minimum absolute atomic E-state index is 0.440. The second-order valence-electron chi connectivity index (χ2n) is 5.16. The third kappa shape index (κ3) is 1.27. The molecule has 3 aliphatic rings. The molecule has 0 saturated carbocycles. The number of hydrogen-bond donors (Lipinski definition) is 1. The quantitative estimate of drug-likeness (QED) is 0.724. The van der Waals surface area contributed by atoms with Crippen molar-refractivity contribution in [1.82, 2.24) is 4.98 Å². The lowest BCUT2D eigenvalue weighted by molar-refractivity contribution is 0.543. The van der Waals surface area contributed by atoms with E-state index in [0.717, 1.165) is 16.6 Å². The van der Waals surface area contributed by atoms with Crippen LogP contribution in [0.3, 0.4) is 0 Å². The van der Waals surface area contributed by atoms with Gasteiger partial charge in [-0.25, -0.2) is 0 Å². The number of pyridine rings is 1. The van der Waals surface area contributed by atoms with Gasteiger partial charge in [-0.1, -0.05) is 23.8 Å². The van der Waals surface area contributed by atoms with Gasteiger partial charge in [-0.2, -0.15) is 0 Å². The fourth-order valence-corrected chi connectivity index (χ4v) is 3.43. The average molecular weight is 257 g/mol. The monoisotopic (exact) mass is 256 g/mol. The van der Waals surface area contributed by atoms with Gasteiger partial charge in [-0.3, -0.25) is 4.98 Å². The largest absolute Gasteiger partial charge is 0.398 e. The Morgan fingerprint density at radius 2 is 1.94 bits per heavy atom. The van der Waals surface area contributed by atoms with Crippen LogP contribution < -0.4 is 5.73 Å². The van der Waals surface area contributed by atoms with Gasteiger partial charge in [0.1, 0.15) is 0 Å². The van der Waals surface area contributed by atoms with Crippen LogP contribution in [-0.2, 0) is 0 Å². The lowest BCUT2D eigenvalue weighted by atomic mass is 9.73. The predicted octanol–water partition coefficient (Wildman–Crippen LogP) is 4.00. The highest BCUT2D eigenvalue weighted by Gasteiger charge is 2.32. The number of allylic oxidation sites excluding steroid dienone is 2. The van der Waals surface area contributed by atoms with Crippen molar-refractivity contribution in [1.29, 1.82) is 0 Å². The maximum atomic E-state index is 6.36. The Morgan fingerprint density at radius 1 is 1.17 bits per heavy atom. The van der Waals surface area contributed by atoms with Gasteiger partial charge in [-0.15, -0.1) is 0 Å². The van der Waals surface area contributed by atoms with E-state index >= 15 is 0 Å². The van der Waals surface area contributed by atoms with Gasteiger partial charge in [-0.05, 0) is 31.0 Å². The van der Waals surface area contributed by atoms with E-state index in [0.29, 0.717) is 16.9 Å². The number of aromatic nitrogens is 1. The van der Waals surface area contributed by atoms with Gasteiger partial charge in [0, 0.05) is 33.5 Å². The maximum Gasteiger partial charge on any atom is 0.0741 e. The standard InChI is InChI=1S/C15H13ClN2/c16-10-5-6-11-12(7-10)18-15-9-3-1-8(2-4-9)13(15)14(11)17/h1,3,5-9H,2,4H2,(H2,17,18). The van der Waals surface area contributed by atoms with Crippen molar-refractivity contribution in [2.45, 2.75) is 24.7 Å². The van der Waals surface area contributed by atoms with E-state index in [2.05, 4.69) is 12.2 Å². The summed E-state index contributed by atoms with van der Waals surface area (Å²) in [5, 5.41) is 1.74. The molecule has 90 valence electrons. The molecule has 0 saturated heterocycles. The molecular weight excluding hydrogens is 244 g/mol. The topological polar surface area (TPSA) is 38.9 Å². The van der Waals surface area contributed by atoms with Gasteiger partial charge in [0.15, 0.2) is 0 Å². The molecular formula is C15H13ClN2. The molecule has 2 bridgehead atoms. The third-order valence-corrected chi connectivity index (χ3v) is 4.38. The van der Waals surface area contributed by atoms with Crippen molar-refractivity contribution in [2.75, 3.05) is 5.73 Å². The number of anilines is 1. The molecule has 1 aromatic heterocycles. The summed E-state index contributed by atoms with van der Waals surface area (Å²) in [6, 6.07) is 5.76. The average Bonchev–Trinajstić information content (AvgIpc) is 2.39. The van der Waals surface area contributed by atoms with Gasteiger partial charge in [0.05, 0.1) is 11.2 Å². The second-order valence-corrected chi connectivity index (χ2v) is 5.60. The fourth-order valence-electron chi connectivity index (χ4n) is 3.26. The van der Waals surface area contributed by atoms with E-state index in [1.807, 2.05) is 18.2 Å². The van der Waals surface area contributed by atoms with Crippen molar-refractivity contribution in [3.05, 3.63) is 46.6 Å². The van der Waals surface area contributed by atoms with E-state index in [1.165, 1.54) is 24.1 Å². The number of nitrogens with zero attached hydrogens (tertiary/aromatic N) is 1. The SMILES string of the molecule is Nc1c2c(nc3cc(Cl)ccc13)C1C=CC2CC1. The zero-order chi connectivity index (χ0) is 12.3. The highest BCUT2D eigenvalue weighted by atomic mass is 35.5. The van der Waals surface area contributed by atoms with Crippen LogP contribution in [0.5, 0.6) is 0 Å². The molecule has 18 heavy (non-hydrogen) atoms. The summed E-state index contributed by atoms with van der Waals surface area (Å²) in [5.41, 5.74) is 10.6. The first-order valence-electron chi connectivity index (χ1n) is 6.31. The molecule has 0 aliphatic heterocycles. The molecule has 2 N–H and O–H groups in total. The smallest absolute Gasteiger partial charge is 0.0741 e. The Balaban J connectivity index is 2.10. The lowest BCUT2D eigenvalue weighted by Crippen LogP contribution is -2.20. The summed E-state index contributed by atoms with van der Waals surface area (Å²) < 4.78 is 0. The number of fused-ring (bicyclic) bond motifs is 2. The van der Waals surface area contributed by atoms with E-state index in [-0.39, 0.29) is 0 Å². The first-order chi connectivity index (χ1) is 8.74. The summed E-state index contributed by atoms with van der Waals surface area (Å²) in [5.74, 6) is 0.897. The summed E-state index contributed by atoms with van der Waals surface area (Å²) in [6.45, 7) is 0. The number of halogens is 1. The first-order valence-corrected chi connectivity index (χ1v) is 6.68. The first kappa shape index (κ1) is 10.4. The highest BCUT2D eigenvalue weighted by Crippen LogP contribution is 2.48. The van der Waals surface area contributed by atoms with Crippen LogP contribution in [0.1, 0.15) is 35.9 Å². The van der Waals surface area contributed by atoms with Crippen LogP contribution in [0.2, 0.25) is 5.02 Å². The Kier molecular flexibility index (Phi) is 2.01. The Bertz CT molecular complexity index is 690. The van der Waals surface area contributed by atoms with Gasteiger partial charge < -0.3 is 5.73 Å². The summed E-state index contributed by atoms with van der Waals surface area (Å²) >= 11 is 6.04. The Hall–Kier alpha value is -1.54. The zero-order valence-corrected chi connectivity index (χ0v) is 10.6. The molecule has 2 aromatic rings. The number of rotatable bonds is 0. The van der Waals surface area contributed by atoms with E-state index in [4.69, 9.17) is 22.3 Å². The van der Waals surface area contributed by atoms with E-state index < -0.39 is 0 Å². The molecule has 2 nitrogen and oxygen atoms in total. The summed E-state index contributed by atoms with van der Waals surface area (Å²) in [6.07, 6.45) is 6.95. The molecule has 0 amide bonds. The molecule has 1 heterocycles. The molecule has 2 unspecified atom stereocenters. The van der Waals surface area contributed by atoms with Crippen molar-refractivity contribution in [3.63, 3.8) is 0 Å². The van der Waals surface area contributed by atoms with E-state index in [9.17, 15) is 0 Å². The zero-order valence-electron chi connectivity index (χ0n) is 9.86. The number of benzene rings is 1. The Labute approximate surface area is 110 Å². The second kappa shape index (κ2) is 3.48. The van der Waals surface area contributed by atoms with Crippen LogP contribution in [0, 0.1) is 0 Å². The van der Waals surface area contributed by atoms with Crippen molar-refractivity contribution in [2.24, 2.45) is 0 Å². The number of hydrogen-bond acceptors (Lipinski definition) is 2. The van der Waals surface area contributed by atoms with Gasteiger partial charge in [0.25, 0.3) is 0 Å². The maximum absolute atomic E-state index is 6.36. The van der Waals surface area contributed by atoms with Gasteiger partial charge >= 0.3 is 0 Å².